The van der Waals surface area contributed by atoms with E-state index in [1.807, 2.05) is 0 Å². The zero-order chi connectivity index (χ0) is 8.27. The fraction of sp³-hybridized carbons (Fsp3) is 0. The summed E-state index contributed by atoms with van der Waals surface area (Å²) in [5.74, 6) is 0.0612. The number of pyridine rings is 1. The van der Waals surface area contributed by atoms with Gasteiger partial charge in [0.1, 0.15) is 5.02 Å². The largest absolute Gasteiger partial charge is 0.408 e. The lowest BCUT2D eigenvalue weighted by Gasteiger charge is -1.97. The Bertz CT molecular complexity index is 277. The Hall–Kier alpha value is -0.800. The third kappa shape index (κ3) is 2.06. The van der Waals surface area contributed by atoms with Gasteiger partial charge in [-0.1, -0.05) is 23.2 Å². The van der Waals surface area contributed by atoms with E-state index in [2.05, 4.69) is 9.72 Å². The minimum Gasteiger partial charge on any atom is -0.408 e. The lowest BCUT2D eigenvalue weighted by atomic mass is 10.5. The van der Waals surface area contributed by atoms with Crippen LogP contribution in [0.3, 0.4) is 0 Å². The lowest BCUT2D eigenvalue weighted by molar-refractivity contribution is -0.120. The molecule has 0 aliphatic heterocycles. The molecule has 1 rings (SSSR count). The highest BCUT2D eigenvalue weighted by Crippen LogP contribution is 2.23. The van der Waals surface area contributed by atoms with Crippen LogP contribution in [0, 0.1) is 0 Å². The summed E-state index contributed by atoms with van der Waals surface area (Å²) in [5, 5.41) is 0.609. The molecule has 58 valence electrons. The standard InChI is InChI=1S/C6H3Cl2NO2/c7-4-1-5(8)6(9-2-4)11-3-10/h1-3H. The Morgan fingerprint density at radius 2 is 2.27 bits per heavy atom. The molecule has 0 radical (unpaired) electrons. The fourth-order valence-electron chi connectivity index (χ4n) is 0.534. The summed E-state index contributed by atoms with van der Waals surface area (Å²) in [6.07, 6.45) is 1.34. The van der Waals surface area contributed by atoms with E-state index in [0.717, 1.165) is 0 Å². The number of aromatic nitrogens is 1. The predicted octanol–water partition coefficient (Wildman–Crippen LogP) is 1.92. The number of nitrogens with zero attached hydrogens (tertiary/aromatic N) is 1. The first-order chi connectivity index (χ1) is 5.24. The number of carbonyl (C=O) groups excluding carboxylic acids is 1. The molecule has 0 N–H and O–H groups in total. The van der Waals surface area contributed by atoms with Gasteiger partial charge in [-0.05, 0) is 6.07 Å². The minimum atomic E-state index is 0.0612. The summed E-state index contributed by atoms with van der Waals surface area (Å²) in [4.78, 5) is 13.5. The van der Waals surface area contributed by atoms with Gasteiger partial charge in [-0.15, -0.1) is 0 Å². The van der Waals surface area contributed by atoms with Crippen molar-refractivity contribution < 1.29 is 9.53 Å². The first-order valence-electron chi connectivity index (χ1n) is 2.65. The molecule has 0 saturated carbocycles. The molecule has 1 heterocycles. The Labute approximate surface area is 72.9 Å². The van der Waals surface area contributed by atoms with Crippen LogP contribution < -0.4 is 4.74 Å². The summed E-state index contributed by atoms with van der Waals surface area (Å²) in [5.41, 5.74) is 0. The molecule has 0 atom stereocenters. The first-order valence-corrected chi connectivity index (χ1v) is 3.41. The Kier molecular flexibility index (Phi) is 2.68. The van der Waals surface area contributed by atoms with Crippen LogP contribution in [0.25, 0.3) is 0 Å². The Morgan fingerprint density at radius 1 is 1.55 bits per heavy atom. The molecule has 1 aromatic heterocycles. The number of rotatable bonds is 2. The molecule has 0 fully saturated rings. The lowest BCUT2D eigenvalue weighted by Crippen LogP contribution is -1.91. The normalized spacial score (nSPS) is 9.27. The quantitative estimate of drug-likeness (QED) is 0.672. The third-order valence-electron chi connectivity index (χ3n) is 0.934. The predicted molar refractivity (Wildman–Crippen MR) is 40.9 cm³/mol. The summed E-state index contributed by atoms with van der Waals surface area (Å²) in [7, 11) is 0. The summed E-state index contributed by atoms with van der Waals surface area (Å²) >= 11 is 11.1. The molecule has 11 heavy (non-hydrogen) atoms. The van der Waals surface area contributed by atoms with E-state index < -0.39 is 0 Å². The molecule has 0 aromatic carbocycles. The molecular weight excluding hydrogens is 189 g/mol. The van der Waals surface area contributed by atoms with E-state index in [1.165, 1.54) is 12.3 Å². The van der Waals surface area contributed by atoms with Crippen LogP contribution in [-0.2, 0) is 4.79 Å². The molecule has 0 aliphatic rings. The molecule has 5 heteroatoms. The second-order valence-corrected chi connectivity index (χ2v) is 2.50. The monoisotopic (exact) mass is 191 g/mol. The van der Waals surface area contributed by atoms with Crippen LogP contribution in [0.15, 0.2) is 12.3 Å². The van der Waals surface area contributed by atoms with Crippen molar-refractivity contribution in [2.75, 3.05) is 0 Å². The van der Waals surface area contributed by atoms with Crippen molar-refractivity contribution in [2.24, 2.45) is 0 Å². The second-order valence-electron chi connectivity index (χ2n) is 1.65. The average Bonchev–Trinajstić information content (AvgIpc) is 1.95. The smallest absolute Gasteiger partial charge is 0.299 e. The van der Waals surface area contributed by atoms with Crippen LogP contribution in [0.1, 0.15) is 0 Å². The van der Waals surface area contributed by atoms with Gasteiger partial charge < -0.3 is 4.74 Å². The van der Waals surface area contributed by atoms with Gasteiger partial charge in [-0.25, -0.2) is 4.98 Å². The number of hydrogen-bond donors (Lipinski definition) is 0. The van der Waals surface area contributed by atoms with Crippen molar-refractivity contribution in [1.29, 1.82) is 0 Å². The second kappa shape index (κ2) is 3.55. The molecule has 0 spiro atoms. The maximum Gasteiger partial charge on any atom is 0.299 e. The van der Waals surface area contributed by atoms with E-state index in [0.29, 0.717) is 5.02 Å². The van der Waals surface area contributed by atoms with Crippen molar-refractivity contribution in [3.63, 3.8) is 0 Å². The van der Waals surface area contributed by atoms with Gasteiger partial charge in [0.05, 0.1) is 5.02 Å². The number of halogens is 2. The molecule has 0 bridgehead atoms. The van der Waals surface area contributed by atoms with Crippen LogP contribution in [0.5, 0.6) is 5.88 Å². The minimum absolute atomic E-state index is 0.0612. The molecule has 0 unspecified atom stereocenters. The number of hydrogen-bond acceptors (Lipinski definition) is 3. The van der Waals surface area contributed by atoms with Gasteiger partial charge in [-0.2, -0.15) is 0 Å². The molecule has 0 aliphatic carbocycles. The van der Waals surface area contributed by atoms with Crippen LogP contribution >= 0.6 is 23.2 Å². The summed E-state index contributed by atoms with van der Waals surface area (Å²) in [6, 6.07) is 1.44. The van der Waals surface area contributed by atoms with E-state index in [4.69, 9.17) is 23.2 Å². The third-order valence-corrected chi connectivity index (χ3v) is 1.41. The van der Waals surface area contributed by atoms with Gasteiger partial charge in [0.15, 0.2) is 0 Å². The zero-order valence-corrected chi connectivity index (χ0v) is 6.76. The molecule has 0 amide bonds. The van der Waals surface area contributed by atoms with Crippen molar-refractivity contribution >= 4 is 29.7 Å². The van der Waals surface area contributed by atoms with Gasteiger partial charge in [0.2, 0.25) is 5.88 Å². The fourth-order valence-corrected chi connectivity index (χ4v) is 0.959. The van der Waals surface area contributed by atoms with Gasteiger partial charge in [-0.3, -0.25) is 4.79 Å². The summed E-state index contributed by atoms with van der Waals surface area (Å²) < 4.78 is 4.41. The molecule has 3 nitrogen and oxygen atoms in total. The maximum atomic E-state index is 9.86. The van der Waals surface area contributed by atoms with Crippen molar-refractivity contribution in [2.45, 2.75) is 0 Å². The van der Waals surface area contributed by atoms with Crippen LogP contribution in [0.4, 0.5) is 0 Å². The Balaban J connectivity index is 2.98. The molecule has 0 saturated heterocycles. The van der Waals surface area contributed by atoms with Gasteiger partial charge in [0, 0.05) is 6.20 Å². The maximum absolute atomic E-state index is 9.86. The van der Waals surface area contributed by atoms with Crippen LogP contribution in [-0.4, -0.2) is 11.5 Å². The molecule has 1 aromatic rings. The van der Waals surface area contributed by atoms with E-state index in [-0.39, 0.29) is 17.4 Å². The topological polar surface area (TPSA) is 39.2 Å². The first kappa shape index (κ1) is 8.30. The van der Waals surface area contributed by atoms with Crippen molar-refractivity contribution in [3.05, 3.63) is 22.3 Å². The van der Waals surface area contributed by atoms with E-state index in [9.17, 15) is 4.79 Å². The SMILES string of the molecule is O=COc1ncc(Cl)cc1Cl. The highest BCUT2D eigenvalue weighted by Gasteiger charge is 2.02. The van der Waals surface area contributed by atoms with Gasteiger partial charge >= 0.3 is 0 Å². The number of ether oxygens (including phenoxy) is 1. The van der Waals surface area contributed by atoms with Gasteiger partial charge in [0.25, 0.3) is 6.47 Å². The van der Waals surface area contributed by atoms with Crippen molar-refractivity contribution in [1.82, 2.24) is 4.98 Å². The summed E-state index contributed by atoms with van der Waals surface area (Å²) in [6.45, 7) is 0.252. The molecular formula is C6H3Cl2NO2. The Morgan fingerprint density at radius 3 is 2.82 bits per heavy atom. The highest BCUT2D eigenvalue weighted by molar-refractivity contribution is 6.35. The zero-order valence-electron chi connectivity index (χ0n) is 5.25. The highest BCUT2D eigenvalue weighted by atomic mass is 35.5. The average molecular weight is 192 g/mol. The van der Waals surface area contributed by atoms with E-state index >= 15 is 0 Å². The van der Waals surface area contributed by atoms with Crippen molar-refractivity contribution in [3.8, 4) is 5.88 Å². The van der Waals surface area contributed by atoms with Crippen LogP contribution in [0.2, 0.25) is 10.0 Å². The number of carbonyl (C=O) groups is 1. The van der Waals surface area contributed by atoms with E-state index in [1.54, 1.807) is 0 Å².